The summed E-state index contributed by atoms with van der Waals surface area (Å²) in [5.41, 5.74) is 5.09. The molecule has 0 bridgehead atoms. The van der Waals surface area contributed by atoms with E-state index < -0.39 is 27.1 Å². The van der Waals surface area contributed by atoms with Crippen LogP contribution in [0.2, 0.25) is 0 Å². The van der Waals surface area contributed by atoms with Crippen molar-refractivity contribution in [1.82, 2.24) is 15.4 Å². The Bertz CT molecular complexity index is 1130. The van der Waals surface area contributed by atoms with E-state index in [9.17, 15) is 25.0 Å². The Morgan fingerprint density at radius 2 is 1.65 bits per heavy atom. The van der Waals surface area contributed by atoms with Crippen molar-refractivity contribution in [3.8, 4) is 0 Å². The summed E-state index contributed by atoms with van der Waals surface area (Å²) < 4.78 is 0. The molecule has 1 heterocycles. The van der Waals surface area contributed by atoms with Gasteiger partial charge in [-0.1, -0.05) is 31.2 Å². The Hall–Kier alpha value is -4.61. The van der Waals surface area contributed by atoms with E-state index in [1.54, 1.807) is 12.1 Å². The lowest BCUT2D eigenvalue weighted by molar-refractivity contribution is -0.385. The number of carbonyl (C=O) groups is 1. The summed E-state index contributed by atoms with van der Waals surface area (Å²) in [6.07, 6.45) is 1.93. The predicted molar refractivity (Wildman–Crippen MR) is 112 cm³/mol. The number of anilines is 3. The standard InChI is InChI=1S/C19H17N7O5/c1-2-12-7-9-13(10-8-12)22-17-16(26(30)31)18(21-11-20-17)23-24-19(27)14-5-3-4-6-15(14)25(28)29/h3-11H,2H2,1H3,(H,24,27)(H2,20,21,22,23). The number of para-hydroxylation sites is 1. The molecule has 12 heteroatoms. The Labute approximate surface area is 175 Å². The van der Waals surface area contributed by atoms with E-state index in [0.717, 1.165) is 18.3 Å². The number of amides is 1. The molecule has 12 nitrogen and oxygen atoms in total. The number of nitro groups is 2. The highest BCUT2D eigenvalue weighted by Gasteiger charge is 2.25. The number of benzene rings is 2. The summed E-state index contributed by atoms with van der Waals surface area (Å²) in [6, 6.07) is 12.6. The topological polar surface area (TPSA) is 165 Å². The molecule has 0 unspecified atom stereocenters. The minimum atomic E-state index is -0.857. The van der Waals surface area contributed by atoms with Crippen LogP contribution in [0.5, 0.6) is 0 Å². The van der Waals surface area contributed by atoms with E-state index in [0.29, 0.717) is 5.69 Å². The van der Waals surface area contributed by atoms with Gasteiger partial charge >= 0.3 is 5.69 Å². The second kappa shape index (κ2) is 9.26. The van der Waals surface area contributed by atoms with E-state index >= 15 is 0 Å². The zero-order chi connectivity index (χ0) is 22.4. The van der Waals surface area contributed by atoms with Crippen molar-refractivity contribution in [2.45, 2.75) is 13.3 Å². The number of nitrogens with one attached hydrogen (secondary N) is 3. The summed E-state index contributed by atoms with van der Waals surface area (Å²) in [6.45, 7) is 2.01. The number of aryl methyl sites for hydroxylation is 1. The van der Waals surface area contributed by atoms with Crippen LogP contribution in [0.15, 0.2) is 54.9 Å². The molecule has 0 aliphatic carbocycles. The maximum absolute atomic E-state index is 12.4. The zero-order valence-corrected chi connectivity index (χ0v) is 16.2. The van der Waals surface area contributed by atoms with Crippen molar-refractivity contribution in [1.29, 1.82) is 0 Å². The molecule has 0 aliphatic heterocycles. The number of rotatable bonds is 8. The van der Waals surface area contributed by atoms with Gasteiger partial charge in [-0.25, -0.2) is 9.97 Å². The number of aromatic nitrogens is 2. The van der Waals surface area contributed by atoms with Crippen molar-refractivity contribution in [2.75, 3.05) is 10.7 Å². The number of carbonyl (C=O) groups excluding carboxylic acids is 1. The molecule has 0 spiro atoms. The van der Waals surface area contributed by atoms with Crippen LogP contribution in [0.1, 0.15) is 22.8 Å². The van der Waals surface area contributed by atoms with E-state index in [1.165, 1.54) is 24.3 Å². The number of hydrogen-bond acceptors (Lipinski definition) is 9. The van der Waals surface area contributed by atoms with Gasteiger partial charge in [0.2, 0.25) is 11.6 Å². The molecular formula is C19H17N7O5. The normalized spacial score (nSPS) is 10.2. The van der Waals surface area contributed by atoms with E-state index in [4.69, 9.17) is 0 Å². The summed E-state index contributed by atoms with van der Waals surface area (Å²) in [5, 5.41) is 25.6. The fraction of sp³-hybridized carbons (Fsp3) is 0.105. The van der Waals surface area contributed by atoms with Crippen molar-refractivity contribution in [3.63, 3.8) is 0 Å². The fourth-order valence-corrected chi connectivity index (χ4v) is 2.70. The monoisotopic (exact) mass is 423 g/mol. The highest BCUT2D eigenvalue weighted by molar-refractivity contribution is 5.98. The molecule has 31 heavy (non-hydrogen) atoms. The van der Waals surface area contributed by atoms with Gasteiger partial charge in [-0.3, -0.25) is 35.9 Å². The molecule has 0 radical (unpaired) electrons. The Morgan fingerprint density at radius 3 is 2.29 bits per heavy atom. The zero-order valence-electron chi connectivity index (χ0n) is 16.2. The molecule has 158 valence electrons. The lowest BCUT2D eigenvalue weighted by Crippen LogP contribution is -2.30. The summed E-state index contributed by atoms with van der Waals surface area (Å²) in [7, 11) is 0. The summed E-state index contributed by atoms with van der Waals surface area (Å²) >= 11 is 0. The van der Waals surface area contributed by atoms with Crippen LogP contribution >= 0.6 is 0 Å². The molecule has 2 aromatic carbocycles. The number of nitro benzene ring substituents is 1. The molecule has 3 rings (SSSR count). The Morgan fingerprint density at radius 1 is 0.968 bits per heavy atom. The van der Waals surface area contributed by atoms with Crippen LogP contribution in [0.4, 0.5) is 28.7 Å². The van der Waals surface area contributed by atoms with Gasteiger partial charge in [0.05, 0.1) is 9.85 Å². The first kappa shape index (κ1) is 21.1. The number of nitrogens with zero attached hydrogens (tertiary/aromatic N) is 4. The molecule has 0 saturated heterocycles. The minimum absolute atomic E-state index is 0.0910. The molecule has 1 aromatic heterocycles. The second-order valence-corrected chi connectivity index (χ2v) is 6.21. The van der Waals surface area contributed by atoms with Crippen LogP contribution in [0.25, 0.3) is 0 Å². The van der Waals surface area contributed by atoms with Crippen LogP contribution in [-0.4, -0.2) is 25.7 Å². The average Bonchev–Trinajstić information content (AvgIpc) is 2.77. The molecule has 0 atom stereocenters. The Kier molecular flexibility index (Phi) is 6.30. The van der Waals surface area contributed by atoms with Crippen molar-refractivity contribution < 1.29 is 14.6 Å². The van der Waals surface area contributed by atoms with Gasteiger partial charge in [0.15, 0.2) is 0 Å². The third kappa shape index (κ3) is 4.87. The van der Waals surface area contributed by atoms with E-state index in [2.05, 4.69) is 26.1 Å². The van der Waals surface area contributed by atoms with E-state index in [-0.39, 0.29) is 17.2 Å². The highest BCUT2D eigenvalue weighted by atomic mass is 16.6. The van der Waals surface area contributed by atoms with Crippen molar-refractivity contribution in [2.24, 2.45) is 0 Å². The van der Waals surface area contributed by atoms with Gasteiger partial charge in [0.25, 0.3) is 11.6 Å². The molecule has 0 saturated carbocycles. The first-order valence-electron chi connectivity index (χ1n) is 9.05. The van der Waals surface area contributed by atoms with Gasteiger partial charge in [0.1, 0.15) is 11.9 Å². The first-order chi connectivity index (χ1) is 14.9. The number of hydrogen-bond donors (Lipinski definition) is 3. The Balaban J connectivity index is 1.83. The molecule has 0 aliphatic rings. The summed E-state index contributed by atoms with van der Waals surface area (Å²) in [5.74, 6) is -1.24. The molecule has 1 amide bonds. The molecular weight excluding hydrogens is 406 g/mol. The summed E-state index contributed by atoms with van der Waals surface area (Å²) in [4.78, 5) is 41.4. The molecule has 3 aromatic rings. The maximum atomic E-state index is 12.4. The maximum Gasteiger partial charge on any atom is 0.355 e. The second-order valence-electron chi connectivity index (χ2n) is 6.21. The first-order valence-corrected chi connectivity index (χ1v) is 9.05. The average molecular weight is 423 g/mol. The smallest absolute Gasteiger partial charge is 0.334 e. The molecule has 0 fully saturated rings. The van der Waals surface area contributed by atoms with Crippen LogP contribution in [0, 0.1) is 20.2 Å². The van der Waals surface area contributed by atoms with Gasteiger partial charge < -0.3 is 5.32 Å². The minimum Gasteiger partial charge on any atom is -0.334 e. The van der Waals surface area contributed by atoms with Gasteiger partial charge in [0, 0.05) is 11.8 Å². The third-order valence-electron chi connectivity index (χ3n) is 4.27. The third-order valence-corrected chi connectivity index (χ3v) is 4.27. The van der Waals surface area contributed by atoms with Gasteiger partial charge in [-0.05, 0) is 30.2 Å². The quantitative estimate of drug-likeness (QED) is 0.364. The molecule has 3 N–H and O–H groups in total. The van der Waals surface area contributed by atoms with Crippen LogP contribution in [-0.2, 0) is 6.42 Å². The van der Waals surface area contributed by atoms with Crippen LogP contribution in [0.3, 0.4) is 0 Å². The van der Waals surface area contributed by atoms with E-state index in [1.807, 2.05) is 19.1 Å². The van der Waals surface area contributed by atoms with Crippen LogP contribution < -0.4 is 16.2 Å². The number of hydrazine groups is 1. The highest BCUT2D eigenvalue weighted by Crippen LogP contribution is 2.31. The lowest BCUT2D eigenvalue weighted by atomic mass is 10.1. The lowest BCUT2D eigenvalue weighted by Gasteiger charge is -2.11. The van der Waals surface area contributed by atoms with Gasteiger partial charge in [-0.2, -0.15) is 0 Å². The SMILES string of the molecule is CCc1ccc(Nc2ncnc(NNC(=O)c3ccccc3[N+](=O)[O-])c2[N+](=O)[O-])cc1. The predicted octanol–water partition coefficient (Wildman–Crippen LogP) is 3.36. The largest absolute Gasteiger partial charge is 0.355 e. The van der Waals surface area contributed by atoms with Gasteiger partial charge in [-0.15, -0.1) is 0 Å². The van der Waals surface area contributed by atoms with Crippen molar-refractivity contribution in [3.05, 3.63) is 86.2 Å². The van der Waals surface area contributed by atoms with Crippen molar-refractivity contribution >= 4 is 34.6 Å². The fourth-order valence-electron chi connectivity index (χ4n) is 2.70.